The Morgan fingerprint density at radius 2 is 1.80 bits per heavy atom. The van der Waals surface area contributed by atoms with E-state index in [0.717, 1.165) is 10.2 Å². The molecule has 0 unspecified atom stereocenters. The van der Waals surface area contributed by atoms with Crippen LogP contribution >= 0.6 is 15.9 Å². The number of anilines is 3. The Morgan fingerprint density at radius 3 is 2.40 bits per heavy atom. The highest BCUT2D eigenvalue weighted by atomic mass is 79.9. The molecule has 0 saturated heterocycles. The van der Waals surface area contributed by atoms with Gasteiger partial charge in [0.05, 0.1) is 5.69 Å². The summed E-state index contributed by atoms with van der Waals surface area (Å²) < 4.78 is 0.796. The van der Waals surface area contributed by atoms with E-state index in [2.05, 4.69) is 21.2 Å². The van der Waals surface area contributed by atoms with Crippen LogP contribution in [0.3, 0.4) is 0 Å². The number of benzene rings is 2. The maximum atomic E-state index is 12.2. The van der Waals surface area contributed by atoms with Gasteiger partial charge in [0.25, 0.3) is 5.91 Å². The van der Waals surface area contributed by atoms with E-state index < -0.39 is 0 Å². The summed E-state index contributed by atoms with van der Waals surface area (Å²) in [6, 6.07) is 12.7. The number of amides is 1. The Morgan fingerprint density at radius 1 is 1.15 bits per heavy atom. The van der Waals surface area contributed by atoms with Crippen molar-refractivity contribution in [2.75, 3.05) is 30.0 Å². The van der Waals surface area contributed by atoms with Crippen LogP contribution in [0, 0.1) is 0 Å². The molecule has 0 aliphatic carbocycles. The number of carbonyl (C=O) groups excluding carboxylic acids is 1. The molecule has 0 fully saturated rings. The van der Waals surface area contributed by atoms with Crippen LogP contribution in [0.15, 0.2) is 46.9 Å². The maximum Gasteiger partial charge on any atom is 0.255 e. The van der Waals surface area contributed by atoms with E-state index in [1.54, 1.807) is 30.3 Å². The van der Waals surface area contributed by atoms with Gasteiger partial charge in [-0.1, -0.05) is 0 Å². The summed E-state index contributed by atoms with van der Waals surface area (Å²) in [5.41, 5.74) is 8.63. The second-order valence-corrected chi connectivity index (χ2v) is 5.49. The van der Waals surface area contributed by atoms with Gasteiger partial charge in [-0.15, -0.1) is 0 Å². The monoisotopic (exact) mass is 333 g/mol. The fourth-order valence-corrected chi connectivity index (χ4v) is 2.09. The van der Waals surface area contributed by atoms with Crippen molar-refractivity contribution in [1.82, 2.24) is 0 Å². The van der Waals surface area contributed by atoms with E-state index in [1.807, 2.05) is 31.1 Å². The molecule has 0 bridgehead atoms. The molecular weight excluding hydrogens is 318 g/mol. The maximum absolute atomic E-state index is 12.2. The largest absolute Gasteiger partial charge is 0.399 e. The first-order valence-electron chi connectivity index (χ1n) is 6.11. The fraction of sp³-hybridized carbons (Fsp3) is 0.133. The van der Waals surface area contributed by atoms with Crippen LogP contribution in [0.2, 0.25) is 0 Å². The molecule has 0 heterocycles. The average Bonchev–Trinajstić information content (AvgIpc) is 2.43. The molecule has 5 heteroatoms. The van der Waals surface area contributed by atoms with E-state index in [1.165, 1.54) is 0 Å². The second-order valence-electron chi connectivity index (χ2n) is 4.63. The van der Waals surface area contributed by atoms with Crippen molar-refractivity contribution in [2.24, 2.45) is 0 Å². The van der Waals surface area contributed by atoms with Crippen LogP contribution in [0.5, 0.6) is 0 Å². The molecule has 0 atom stereocenters. The van der Waals surface area contributed by atoms with E-state index in [0.29, 0.717) is 16.9 Å². The minimum Gasteiger partial charge on any atom is -0.399 e. The number of rotatable bonds is 3. The van der Waals surface area contributed by atoms with Gasteiger partial charge in [0, 0.05) is 35.5 Å². The SMILES string of the molecule is CN(C)c1ccc(C(=O)Nc2cc(N)ccc2Br)cc1. The van der Waals surface area contributed by atoms with E-state index in [9.17, 15) is 4.79 Å². The third-order valence-electron chi connectivity index (χ3n) is 2.88. The summed E-state index contributed by atoms with van der Waals surface area (Å²) in [7, 11) is 3.91. The normalized spacial score (nSPS) is 10.2. The minimum atomic E-state index is -0.165. The molecule has 2 rings (SSSR count). The lowest BCUT2D eigenvalue weighted by Crippen LogP contribution is -2.13. The molecule has 0 spiro atoms. The Hall–Kier alpha value is -2.01. The molecule has 1 amide bonds. The molecular formula is C15H16BrN3O. The van der Waals surface area contributed by atoms with Gasteiger partial charge in [0.2, 0.25) is 0 Å². The highest BCUT2D eigenvalue weighted by molar-refractivity contribution is 9.10. The van der Waals surface area contributed by atoms with Crippen molar-refractivity contribution >= 4 is 38.9 Å². The van der Waals surface area contributed by atoms with E-state index in [4.69, 9.17) is 5.73 Å². The summed E-state index contributed by atoms with van der Waals surface area (Å²) >= 11 is 3.39. The molecule has 0 aliphatic rings. The molecule has 0 aliphatic heterocycles. The van der Waals surface area contributed by atoms with Gasteiger partial charge < -0.3 is 16.0 Å². The van der Waals surface area contributed by atoms with Gasteiger partial charge in [-0.2, -0.15) is 0 Å². The van der Waals surface area contributed by atoms with Crippen molar-refractivity contribution in [3.63, 3.8) is 0 Å². The predicted octanol–water partition coefficient (Wildman–Crippen LogP) is 3.35. The van der Waals surface area contributed by atoms with Crippen LogP contribution < -0.4 is 16.0 Å². The molecule has 0 saturated carbocycles. The zero-order chi connectivity index (χ0) is 14.7. The van der Waals surface area contributed by atoms with Crippen molar-refractivity contribution in [3.05, 3.63) is 52.5 Å². The van der Waals surface area contributed by atoms with Crippen molar-refractivity contribution in [3.8, 4) is 0 Å². The summed E-state index contributed by atoms with van der Waals surface area (Å²) in [6.45, 7) is 0. The first kappa shape index (κ1) is 14.4. The number of nitrogen functional groups attached to an aromatic ring is 1. The first-order chi connectivity index (χ1) is 9.47. The molecule has 0 aromatic heterocycles. The lowest BCUT2D eigenvalue weighted by atomic mass is 10.2. The van der Waals surface area contributed by atoms with Crippen LogP contribution in [-0.2, 0) is 0 Å². The van der Waals surface area contributed by atoms with Crippen molar-refractivity contribution in [1.29, 1.82) is 0 Å². The first-order valence-corrected chi connectivity index (χ1v) is 6.90. The summed E-state index contributed by atoms with van der Waals surface area (Å²) in [6.07, 6.45) is 0. The fourth-order valence-electron chi connectivity index (χ4n) is 1.74. The van der Waals surface area contributed by atoms with Crippen LogP contribution in [0.25, 0.3) is 0 Å². The Kier molecular flexibility index (Phi) is 4.29. The minimum absolute atomic E-state index is 0.165. The number of nitrogens with two attached hydrogens (primary N) is 1. The number of nitrogens with zero attached hydrogens (tertiary/aromatic N) is 1. The molecule has 3 N–H and O–H groups in total. The summed E-state index contributed by atoms with van der Waals surface area (Å²) in [5.74, 6) is -0.165. The standard InChI is InChI=1S/C15H16BrN3O/c1-19(2)12-6-3-10(4-7-12)15(20)18-14-9-11(17)5-8-13(14)16/h3-9H,17H2,1-2H3,(H,18,20). The molecule has 20 heavy (non-hydrogen) atoms. The molecule has 4 nitrogen and oxygen atoms in total. The highest BCUT2D eigenvalue weighted by Gasteiger charge is 2.09. The Labute approximate surface area is 126 Å². The van der Waals surface area contributed by atoms with Gasteiger partial charge in [-0.3, -0.25) is 4.79 Å². The lowest BCUT2D eigenvalue weighted by molar-refractivity contribution is 0.102. The smallest absolute Gasteiger partial charge is 0.255 e. The van der Waals surface area contributed by atoms with Gasteiger partial charge in [0.1, 0.15) is 0 Å². The summed E-state index contributed by atoms with van der Waals surface area (Å²) in [4.78, 5) is 14.2. The lowest BCUT2D eigenvalue weighted by Gasteiger charge is -2.13. The third kappa shape index (κ3) is 3.30. The summed E-state index contributed by atoms with van der Waals surface area (Å²) in [5, 5.41) is 2.84. The Balaban J connectivity index is 2.17. The van der Waals surface area contributed by atoms with Crippen LogP contribution in [0.1, 0.15) is 10.4 Å². The number of hydrogen-bond donors (Lipinski definition) is 2. The Bertz CT molecular complexity index is 624. The number of nitrogens with one attached hydrogen (secondary N) is 1. The zero-order valence-electron chi connectivity index (χ0n) is 11.4. The predicted molar refractivity (Wildman–Crippen MR) is 87.3 cm³/mol. The van der Waals surface area contributed by atoms with Crippen molar-refractivity contribution in [2.45, 2.75) is 0 Å². The third-order valence-corrected chi connectivity index (χ3v) is 3.58. The molecule has 0 radical (unpaired) electrons. The average molecular weight is 334 g/mol. The highest BCUT2D eigenvalue weighted by Crippen LogP contribution is 2.25. The second kappa shape index (κ2) is 5.96. The number of hydrogen-bond acceptors (Lipinski definition) is 3. The van der Waals surface area contributed by atoms with Gasteiger partial charge >= 0.3 is 0 Å². The van der Waals surface area contributed by atoms with Crippen LogP contribution in [-0.4, -0.2) is 20.0 Å². The van der Waals surface area contributed by atoms with Crippen LogP contribution in [0.4, 0.5) is 17.1 Å². The number of halogens is 1. The van der Waals surface area contributed by atoms with Gasteiger partial charge in [0.15, 0.2) is 0 Å². The topological polar surface area (TPSA) is 58.4 Å². The van der Waals surface area contributed by atoms with Gasteiger partial charge in [-0.25, -0.2) is 0 Å². The molecule has 2 aromatic carbocycles. The van der Waals surface area contributed by atoms with E-state index in [-0.39, 0.29) is 5.91 Å². The number of carbonyl (C=O) groups is 1. The van der Waals surface area contributed by atoms with Gasteiger partial charge in [-0.05, 0) is 58.4 Å². The molecule has 104 valence electrons. The zero-order valence-corrected chi connectivity index (χ0v) is 12.9. The van der Waals surface area contributed by atoms with E-state index >= 15 is 0 Å². The molecule has 2 aromatic rings. The van der Waals surface area contributed by atoms with Crippen molar-refractivity contribution < 1.29 is 4.79 Å². The quantitative estimate of drug-likeness (QED) is 0.847.